The fourth-order valence-corrected chi connectivity index (χ4v) is 0.932. The highest BCUT2D eigenvalue weighted by molar-refractivity contribution is 8.01. The van der Waals surface area contributed by atoms with Gasteiger partial charge >= 0.3 is 0 Å². The third-order valence-corrected chi connectivity index (χ3v) is 1.58. The van der Waals surface area contributed by atoms with Crippen molar-refractivity contribution in [1.29, 1.82) is 0 Å². The first-order chi connectivity index (χ1) is 4.43. The molecule has 0 aliphatic rings. The van der Waals surface area contributed by atoms with Gasteiger partial charge in [0.05, 0.1) is 12.2 Å². The Hall–Kier alpha value is -0.700. The van der Waals surface area contributed by atoms with Crippen LogP contribution in [0.4, 0.5) is 0 Å². The molecule has 0 amide bonds. The van der Waals surface area contributed by atoms with Gasteiger partial charge in [0.15, 0.2) is 0 Å². The van der Waals surface area contributed by atoms with Crippen LogP contribution >= 0.6 is 11.8 Å². The number of nitrogens with zero attached hydrogens (tertiary/aromatic N) is 2. The van der Waals surface area contributed by atoms with Crippen molar-refractivity contribution in [2.75, 3.05) is 0 Å². The Morgan fingerprint density at radius 3 is 3.22 bits per heavy atom. The van der Waals surface area contributed by atoms with E-state index in [-0.39, 0.29) is 0 Å². The molecular formula is C6H8N2S. The fourth-order valence-electron chi connectivity index (χ4n) is 0.502. The molecule has 2 nitrogen and oxygen atoms in total. The van der Waals surface area contributed by atoms with Crippen LogP contribution in [0.15, 0.2) is 30.7 Å². The van der Waals surface area contributed by atoms with E-state index in [9.17, 15) is 0 Å². The minimum absolute atomic E-state index is 0.906. The van der Waals surface area contributed by atoms with Crippen LogP contribution in [0, 0.1) is 0 Å². The van der Waals surface area contributed by atoms with Gasteiger partial charge in [0.1, 0.15) is 0 Å². The average Bonchev–Trinajstić information content (AvgIpc) is 2.34. The molecule has 0 saturated carbocycles. The topological polar surface area (TPSA) is 17.8 Å². The molecule has 0 aliphatic heterocycles. The average molecular weight is 140 g/mol. The molecule has 0 unspecified atom stereocenters. The van der Waals surface area contributed by atoms with Crippen LogP contribution in [-0.4, -0.2) is 9.55 Å². The molecule has 9 heavy (non-hydrogen) atoms. The van der Waals surface area contributed by atoms with Crippen molar-refractivity contribution in [3.05, 3.63) is 30.7 Å². The Bertz CT molecular complexity index is 169. The summed E-state index contributed by atoms with van der Waals surface area (Å²) in [5.41, 5.74) is 0. The number of rotatable bonds is 3. The highest BCUT2D eigenvalue weighted by atomic mass is 32.2. The highest BCUT2D eigenvalue weighted by Crippen LogP contribution is 2.03. The van der Waals surface area contributed by atoms with Crippen molar-refractivity contribution in [1.82, 2.24) is 9.55 Å². The number of aromatic nitrogens is 2. The number of hydrogen-bond acceptors (Lipinski definition) is 2. The molecule has 0 saturated heterocycles. The summed E-state index contributed by atoms with van der Waals surface area (Å²) in [7, 11) is 0. The van der Waals surface area contributed by atoms with Gasteiger partial charge in [-0.1, -0.05) is 6.58 Å². The van der Waals surface area contributed by atoms with Gasteiger partial charge in [-0.2, -0.15) is 0 Å². The second kappa shape index (κ2) is 3.35. The van der Waals surface area contributed by atoms with Crippen molar-refractivity contribution in [3.63, 3.8) is 0 Å². The van der Waals surface area contributed by atoms with Crippen molar-refractivity contribution < 1.29 is 0 Å². The summed E-state index contributed by atoms with van der Waals surface area (Å²) >= 11 is 1.65. The largest absolute Gasteiger partial charge is 0.327 e. The molecule has 1 heterocycles. The van der Waals surface area contributed by atoms with Crippen LogP contribution in [0.1, 0.15) is 0 Å². The third kappa shape index (κ3) is 1.93. The van der Waals surface area contributed by atoms with E-state index < -0.39 is 0 Å². The molecule has 0 radical (unpaired) electrons. The SMILES string of the molecule is C=CSCn1ccnc1. The van der Waals surface area contributed by atoms with E-state index in [2.05, 4.69) is 11.6 Å². The van der Waals surface area contributed by atoms with Gasteiger partial charge in [-0.05, 0) is 5.41 Å². The van der Waals surface area contributed by atoms with Gasteiger partial charge < -0.3 is 4.57 Å². The summed E-state index contributed by atoms with van der Waals surface area (Å²) in [4.78, 5) is 3.89. The summed E-state index contributed by atoms with van der Waals surface area (Å²) in [6.07, 6.45) is 5.48. The molecule has 0 bridgehead atoms. The Balaban J connectivity index is 2.38. The van der Waals surface area contributed by atoms with Crippen LogP contribution in [-0.2, 0) is 5.88 Å². The molecule has 1 aromatic heterocycles. The number of imidazole rings is 1. The van der Waals surface area contributed by atoms with E-state index in [1.165, 1.54) is 0 Å². The maximum atomic E-state index is 3.89. The van der Waals surface area contributed by atoms with Crippen LogP contribution in [0.2, 0.25) is 0 Å². The van der Waals surface area contributed by atoms with Crippen LogP contribution < -0.4 is 0 Å². The maximum absolute atomic E-state index is 3.89. The van der Waals surface area contributed by atoms with Crippen molar-refractivity contribution in [2.45, 2.75) is 5.88 Å². The van der Waals surface area contributed by atoms with Gasteiger partial charge in [0.2, 0.25) is 0 Å². The van der Waals surface area contributed by atoms with E-state index in [0.29, 0.717) is 0 Å². The van der Waals surface area contributed by atoms with E-state index >= 15 is 0 Å². The van der Waals surface area contributed by atoms with Gasteiger partial charge in [-0.25, -0.2) is 4.98 Å². The first-order valence-corrected chi connectivity index (χ1v) is 3.66. The standard InChI is InChI=1S/C6H8N2S/c1-2-9-6-8-4-3-7-5-8/h2-5H,1,6H2. The molecule has 0 aromatic carbocycles. The summed E-state index contributed by atoms with van der Waals surface area (Å²) in [5.74, 6) is 0.906. The zero-order valence-corrected chi connectivity index (χ0v) is 5.84. The number of hydrogen-bond donors (Lipinski definition) is 0. The molecule has 3 heteroatoms. The molecule has 0 N–H and O–H groups in total. The molecule has 1 rings (SSSR count). The second-order valence-corrected chi connectivity index (χ2v) is 2.46. The van der Waals surface area contributed by atoms with Crippen LogP contribution in [0.5, 0.6) is 0 Å². The zero-order chi connectivity index (χ0) is 6.53. The molecule has 0 fully saturated rings. The summed E-state index contributed by atoms with van der Waals surface area (Å²) < 4.78 is 1.99. The van der Waals surface area contributed by atoms with Gasteiger partial charge in [-0.15, -0.1) is 11.8 Å². The molecule has 0 spiro atoms. The predicted molar refractivity (Wildman–Crippen MR) is 40.0 cm³/mol. The normalized spacial score (nSPS) is 9.33. The summed E-state index contributed by atoms with van der Waals surface area (Å²) in [5, 5.41) is 1.82. The molecule has 48 valence electrons. The zero-order valence-electron chi connectivity index (χ0n) is 5.03. The van der Waals surface area contributed by atoms with Crippen molar-refractivity contribution >= 4 is 11.8 Å². The Labute approximate surface area is 58.6 Å². The summed E-state index contributed by atoms with van der Waals surface area (Å²) in [6.45, 7) is 3.59. The molecule has 0 aliphatic carbocycles. The van der Waals surface area contributed by atoms with E-state index in [1.54, 1.807) is 24.3 Å². The van der Waals surface area contributed by atoms with Gasteiger partial charge in [0.25, 0.3) is 0 Å². The minimum atomic E-state index is 0.906. The fraction of sp³-hybridized carbons (Fsp3) is 0.167. The van der Waals surface area contributed by atoms with Gasteiger partial charge in [0, 0.05) is 12.4 Å². The third-order valence-electron chi connectivity index (χ3n) is 0.901. The Morgan fingerprint density at radius 2 is 2.67 bits per heavy atom. The lowest BCUT2D eigenvalue weighted by molar-refractivity contribution is 0.892. The lowest BCUT2D eigenvalue weighted by Gasteiger charge is -1.94. The minimum Gasteiger partial charge on any atom is -0.327 e. The molecule has 1 aromatic rings. The maximum Gasteiger partial charge on any atom is 0.0953 e. The molecular weight excluding hydrogens is 132 g/mol. The van der Waals surface area contributed by atoms with Crippen LogP contribution in [0.3, 0.4) is 0 Å². The van der Waals surface area contributed by atoms with E-state index in [4.69, 9.17) is 0 Å². The lowest BCUT2D eigenvalue weighted by atomic mass is 10.9. The first-order valence-electron chi connectivity index (χ1n) is 2.61. The smallest absolute Gasteiger partial charge is 0.0953 e. The monoisotopic (exact) mass is 140 g/mol. The first kappa shape index (κ1) is 6.42. The molecule has 0 atom stereocenters. The second-order valence-electron chi connectivity index (χ2n) is 1.54. The van der Waals surface area contributed by atoms with Crippen molar-refractivity contribution in [3.8, 4) is 0 Å². The predicted octanol–water partition coefficient (Wildman–Crippen LogP) is 1.72. The summed E-state index contributed by atoms with van der Waals surface area (Å²) in [6, 6.07) is 0. The van der Waals surface area contributed by atoms with E-state index in [0.717, 1.165) is 5.88 Å². The quantitative estimate of drug-likeness (QED) is 0.636. The van der Waals surface area contributed by atoms with Gasteiger partial charge in [-0.3, -0.25) is 0 Å². The number of thioether (sulfide) groups is 1. The Morgan fingerprint density at radius 1 is 1.78 bits per heavy atom. The van der Waals surface area contributed by atoms with Crippen molar-refractivity contribution in [2.24, 2.45) is 0 Å². The van der Waals surface area contributed by atoms with E-state index in [1.807, 2.05) is 16.2 Å². The lowest BCUT2D eigenvalue weighted by Crippen LogP contribution is -1.86. The van der Waals surface area contributed by atoms with Crippen LogP contribution in [0.25, 0.3) is 0 Å². The highest BCUT2D eigenvalue weighted by Gasteiger charge is 1.83. The Kier molecular flexibility index (Phi) is 2.39.